The molecule has 3 aromatic rings. The van der Waals surface area contributed by atoms with E-state index in [4.69, 9.17) is 4.74 Å². The van der Waals surface area contributed by atoms with Gasteiger partial charge in [-0.2, -0.15) is 5.10 Å². The fourth-order valence-electron chi connectivity index (χ4n) is 4.71. The third-order valence-corrected chi connectivity index (χ3v) is 6.62. The minimum Gasteiger partial charge on any atom is -0.453 e. The van der Waals surface area contributed by atoms with Gasteiger partial charge in [0.2, 0.25) is 0 Å². The number of fused-ring (bicyclic) bond motifs is 2. The van der Waals surface area contributed by atoms with Crippen LogP contribution in [0.25, 0.3) is 10.8 Å². The summed E-state index contributed by atoms with van der Waals surface area (Å²) in [6.07, 6.45) is 4.29. The van der Waals surface area contributed by atoms with Crippen molar-refractivity contribution in [3.63, 3.8) is 0 Å². The Morgan fingerprint density at radius 2 is 1.71 bits per heavy atom. The lowest BCUT2D eigenvalue weighted by Gasteiger charge is -2.23. The van der Waals surface area contributed by atoms with Crippen molar-refractivity contribution in [2.45, 2.75) is 52.0 Å². The van der Waals surface area contributed by atoms with Crippen LogP contribution in [-0.2, 0) is 21.5 Å². The summed E-state index contributed by atoms with van der Waals surface area (Å²) >= 11 is 0. The fraction of sp³-hybridized carbons (Fsp3) is 0.357. The SMILES string of the molecule is CCCCCn1nc(C(=O)OCC(=O)C=C2N(C)c3ccccc3C2(C)C)c2ccccc2c1=O. The minimum absolute atomic E-state index is 0.0443. The first-order valence-corrected chi connectivity index (χ1v) is 12.0. The molecule has 0 aliphatic carbocycles. The number of hydrogen-bond acceptors (Lipinski definition) is 6. The molecule has 7 nitrogen and oxygen atoms in total. The Labute approximate surface area is 205 Å². The molecule has 0 amide bonds. The number of nitrogens with zero attached hydrogens (tertiary/aromatic N) is 3. The molecule has 0 atom stereocenters. The van der Waals surface area contributed by atoms with Gasteiger partial charge in [0.15, 0.2) is 18.1 Å². The number of anilines is 1. The molecule has 0 bridgehead atoms. The van der Waals surface area contributed by atoms with E-state index in [-0.39, 0.29) is 22.5 Å². The summed E-state index contributed by atoms with van der Waals surface area (Å²) < 4.78 is 6.70. The van der Waals surface area contributed by atoms with Crippen LogP contribution < -0.4 is 10.5 Å². The number of hydrogen-bond donors (Lipinski definition) is 0. The highest BCUT2D eigenvalue weighted by Gasteiger charge is 2.38. The summed E-state index contributed by atoms with van der Waals surface area (Å²) in [7, 11) is 1.93. The topological polar surface area (TPSA) is 81.5 Å². The number of allylic oxidation sites excluding steroid dienone is 1. The second-order valence-corrected chi connectivity index (χ2v) is 9.40. The first kappa shape index (κ1) is 24.4. The van der Waals surface area contributed by atoms with Gasteiger partial charge in [0, 0.05) is 41.9 Å². The molecule has 0 saturated heterocycles. The monoisotopic (exact) mass is 473 g/mol. The standard InChI is InChI=1S/C28H31N3O4/c1-5-6-11-16-31-26(33)21-13-8-7-12-20(21)25(29-31)27(34)35-18-19(32)17-24-28(2,3)22-14-9-10-15-23(22)30(24)4/h7-10,12-15,17H,5-6,11,16,18H2,1-4H3. The highest BCUT2D eigenvalue weighted by molar-refractivity contribution is 6.03. The summed E-state index contributed by atoms with van der Waals surface area (Å²) in [5, 5.41) is 5.14. The highest BCUT2D eigenvalue weighted by Crippen LogP contribution is 2.46. The Balaban J connectivity index is 1.55. The van der Waals surface area contributed by atoms with Gasteiger partial charge in [-0.05, 0) is 24.1 Å². The number of unbranched alkanes of at least 4 members (excludes halogenated alkanes) is 2. The van der Waals surface area contributed by atoms with Gasteiger partial charge in [-0.25, -0.2) is 9.48 Å². The van der Waals surface area contributed by atoms with Crippen LogP contribution in [0, 0.1) is 0 Å². The summed E-state index contributed by atoms with van der Waals surface area (Å²) in [6, 6.07) is 14.9. The number of likely N-dealkylation sites (N-methyl/N-ethyl adjacent to an activating group) is 1. The molecule has 0 radical (unpaired) electrons. The quantitative estimate of drug-likeness (QED) is 0.270. The molecule has 7 heteroatoms. The molecule has 0 N–H and O–H groups in total. The molecular formula is C28H31N3O4. The number of carbonyl (C=O) groups is 2. The van der Waals surface area contributed by atoms with Crippen LogP contribution in [-0.4, -0.2) is 35.2 Å². The lowest BCUT2D eigenvalue weighted by molar-refractivity contribution is -0.117. The first-order valence-electron chi connectivity index (χ1n) is 12.0. The minimum atomic E-state index is -0.723. The van der Waals surface area contributed by atoms with E-state index in [9.17, 15) is 14.4 Å². The van der Waals surface area contributed by atoms with E-state index in [0.717, 1.165) is 36.2 Å². The van der Waals surface area contributed by atoms with Gasteiger partial charge in [-0.15, -0.1) is 0 Å². The van der Waals surface area contributed by atoms with Crippen molar-refractivity contribution in [3.8, 4) is 0 Å². The Morgan fingerprint density at radius 3 is 2.43 bits per heavy atom. The largest absolute Gasteiger partial charge is 0.453 e. The molecule has 35 heavy (non-hydrogen) atoms. The second kappa shape index (κ2) is 9.86. The fourth-order valence-corrected chi connectivity index (χ4v) is 4.71. The molecule has 2 heterocycles. The molecule has 182 valence electrons. The Kier molecular flexibility index (Phi) is 6.87. The molecule has 1 aliphatic rings. The number of rotatable bonds is 8. The first-order chi connectivity index (χ1) is 16.8. The molecule has 1 aromatic heterocycles. The third-order valence-electron chi connectivity index (χ3n) is 6.62. The molecule has 0 unspecified atom stereocenters. The average Bonchev–Trinajstić information content (AvgIpc) is 3.05. The molecule has 0 spiro atoms. The van der Waals surface area contributed by atoms with Gasteiger partial charge in [-0.3, -0.25) is 9.59 Å². The van der Waals surface area contributed by atoms with Gasteiger partial charge in [0.25, 0.3) is 5.56 Å². The lowest BCUT2D eigenvalue weighted by Crippen LogP contribution is -2.27. The van der Waals surface area contributed by atoms with E-state index in [1.807, 2.05) is 30.1 Å². The van der Waals surface area contributed by atoms with Crippen LogP contribution in [0.4, 0.5) is 5.69 Å². The summed E-state index contributed by atoms with van der Waals surface area (Å²) in [5.74, 6) is -1.04. The summed E-state index contributed by atoms with van der Waals surface area (Å²) in [5.41, 5.74) is 2.49. The maximum absolute atomic E-state index is 13.0. The zero-order chi connectivity index (χ0) is 25.2. The summed E-state index contributed by atoms with van der Waals surface area (Å²) in [6.45, 7) is 6.23. The maximum atomic E-state index is 13.0. The maximum Gasteiger partial charge on any atom is 0.359 e. The van der Waals surface area contributed by atoms with E-state index < -0.39 is 12.6 Å². The van der Waals surface area contributed by atoms with Crippen LogP contribution in [0.15, 0.2) is 65.1 Å². The highest BCUT2D eigenvalue weighted by atomic mass is 16.5. The number of esters is 1. The predicted molar refractivity (Wildman–Crippen MR) is 137 cm³/mol. The number of carbonyl (C=O) groups excluding carboxylic acids is 2. The van der Waals surface area contributed by atoms with Crippen molar-refractivity contribution < 1.29 is 14.3 Å². The molecule has 0 fully saturated rings. The van der Waals surface area contributed by atoms with Gasteiger partial charge >= 0.3 is 5.97 Å². The van der Waals surface area contributed by atoms with Crippen molar-refractivity contribution in [3.05, 3.63) is 81.9 Å². The van der Waals surface area contributed by atoms with Crippen molar-refractivity contribution in [1.29, 1.82) is 0 Å². The normalized spacial score (nSPS) is 15.4. The Morgan fingerprint density at radius 1 is 1.03 bits per heavy atom. The third kappa shape index (κ3) is 4.63. The molecule has 4 rings (SSSR count). The van der Waals surface area contributed by atoms with Gasteiger partial charge in [-0.1, -0.05) is 70.0 Å². The Hall–Kier alpha value is -3.74. The predicted octanol–water partition coefficient (Wildman–Crippen LogP) is 4.62. The van der Waals surface area contributed by atoms with Crippen molar-refractivity contribution >= 4 is 28.2 Å². The van der Waals surface area contributed by atoms with E-state index in [0.29, 0.717) is 17.3 Å². The van der Waals surface area contributed by atoms with Crippen LogP contribution in [0.3, 0.4) is 0 Å². The van der Waals surface area contributed by atoms with Gasteiger partial charge in [0.05, 0.1) is 5.39 Å². The van der Waals surface area contributed by atoms with E-state index >= 15 is 0 Å². The number of benzene rings is 2. The number of aryl methyl sites for hydroxylation is 1. The second-order valence-electron chi connectivity index (χ2n) is 9.40. The molecule has 0 saturated carbocycles. The van der Waals surface area contributed by atoms with Crippen LogP contribution in [0.5, 0.6) is 0 Å². The number of para-hydroxylation sites is 1. The van der Waals surface area contributed by atoms with Crippen LogP contribution >= 0.6 is 0 Å². The van der Waals surface area contributed by atoms with E-state index in [2.05, 4.69) is 31.9 Å². The number of aromatic nitrogens is 2. The summed E-state index contributed by atoms with van der Waals surface area (Å²) in [4.78, 5) is 40.6. The zero-order valence-electron chi connectivity index (χ0n) is 20.7. The van der Waals surface area contributed by atoms with Gasteiger partial charge < -0.3 is 9.64 Å². The van der Waals surface area contributed by atoms with Gasteiger partial charge in [0.1, 0.15) is 0 Å². The smallest absolute Gasteiger partial charge is 0.359 e. The average molecular weight is 474 g/mol. The number of ketones is 1. The van der Waals surface area contributed by atoms with Crippen molar-refractivity contribution in [1.82, 2.24) is 9.78 Å². The Bertz CT molecular complexity index is 1370. The molecular weight excluding hydrogens is 442 g/mol. The molecule has 2 aromatic carbocycles. The zero-order valence-corrected chi connectivity index (χ0v) is 20.7. The van der Waals surface area contributed by atoms with Crippen molar-refractivity contribution in [2.24, 2.45) is 0 Å². The van der Waals surface area contributed by atoms with Crippen molar-refractivity contribution in [2.75, 3.05) is 18.6 Å². The van der Waals surface area contributed by atoms with E-state index in [1.54, 1.807) is 30.3 Å². The van der Waals surface area contributed by atoms with E-state index in [1.165, 1.54) is 4.68 Å². The molecule has 1 aliphatic heterocycles. The van der Waals surface area contributed by atoms with Crippen LogP contribution in [0.1, 0.15) is 56.1 Å². The van der Waals surface area contributed by atoms with Crippen LogP contribution in [0.2, 0.25) is 0 Å². The lowest BCUT2D eigenvalue weighted by atomic mass is 9.83. The number of ether oxygens (including phenoxy) is 1.